The lowest BCUT2D eigenvalue weighted by molar-refractivity contribution is -0.145. The Morgan fingerprint density at radius 1 is 1.21 bits per heavy atom. The molecular weight excluding hydrogens is 246 g/mol. The molecule has 1 heterocycles. The van der Waals surface area contributed by atoms with E-state index in [0.29, 0.717) is 19.0 Å². The zero-order valence-corrected chi connectivity index (χ0v) is 11.9. The van der Waals surface area contributed by atoms with Crippen molar-refractivity contribution in [1.82, 2.24) is 4.90 Å². The molecule has 2 aliphatic rings. The molecule has 0 unspecified atom stereocenters. The molecule has 1 N–H and O–H groups in total. The van der Waals surface area contributed by atoms with Gasteiger partial charge in [-0.25, -0.2) is 4.79 Å². The fourth-order valence-corrected chi connectivity index (χ4v) is 3.25. The molecule has 0 spiro atoms. The van der Waals surface area contributed by atoms with Gasteiger partial charge in [0.1, 0.15) is 5.60 Å². The van der Waals surface area contributed by atoms with Crippen molar-refractivity contribution in [3.63, 3.8) is 0 Å². The third-order valence-corrected chi connectivity index (χ3v) is 4.07. The third kappa shape index (κ3) is 3.19. The number of carboxylic acids is 1. The molecule has 0 aromatic heterocycles. The number of amides is 1. The summed E-state index contributed by atoms with van der Waals surface area (Å²) in [4.78, 5) is 25.0. The highest BCUT2D eigenvalue weighted by molar-refractivity contribution is 5.72. The average molecular weight is 269 g/mol. The van der Waals surface area contributed by atoms with Crippen molar-refractivity contribution in [1.29, 1.82) is 0 Å². The number of carboxylic acid groups (broad SMARTS) is 1. The molecule has 0 aromatic rings. The quantitative estimate of drug-likeness (QED) is 0.793. The molecular formula is C14H23NO4. The van der Waals surface area contributed by atoms with Crippen molar-refractivity contribution in [2.75, 3.05) is 13.1 Å². The van der Waals surface area contributed by atoms with Crippen molar-refractivity contribution in [2.24, 2.45) is 17.8 Å². The van der Waals surface area contributed by atoms with Gasteiger partial charge in [0.15, 0.2) is 0 Å². The molecule has 2 fully saturated rings. The standard InChI is InChI=1S/C14H23NO4/c1-14(2,3)19-13(18)15-7-9-5-4-6-10(12(16)17)11(9)8-15/h9-11H,4-8H2,1-3H3,(H,16,17)/t9-,10-,11+/m0/s1. The molecule has 0 bridgehead atoms. The second-order valence-electron chi connectivity index (χ2n) is 6.68. The van der Waals surface area contributed by atoms with Crippen LogP contribution in [0.15, 0.2) is 0 Å². The number of ether oxygens (including phenoxy) is 1. The van der Waals surface area contributed by atoms with E-state index in [9.17, 15) is 14.7 Å². The van der Waals surface area contributed by atoms with Crippen LogP contribution in [-0.2, 0) is 9.53 Å². The molecule has 1 aliphatic carbocycles. The van der Waals surface area contributed by atoms with Crippen molar-refractivity contribution < 1.29 is 19.4 Å². The SMILES string of the molecule is CC(C)(C)OC(=O)N1C[C@@H]2CCC[C@H](C(=O)O)[C@@H]2C1. The van der Waals surface area contributed by atoms with E-state index in [1.807, 2.05) is 20.8 Å². The molecule has 1 saturated carbocycles. The van der Waals surface area contributed by atoms with Gasteiger partial charge in [-0.05, 0) is 45.4 Å². The van der Waals surface area contributed by atoms with E-state index < -0.39 is 11.6 Å². The van der Waals surface area contributed by atoms with Crippen molar-refractivity contribution in [3.05, 3.63) is 0 Å². The van der Waals surface area contributed by atoms with Crippen molar-refractivity contribution in [3.8, 4) is 0 Å². The van der Waals surface area contributed by atoms with Crippen molar-refractivity contribution >= 4 is 12.1 Å². The average Bonchev–Trinajstić information content (AvgIpc) is 2.69. The first kappa shape index (κ1) is 14.2. The predicted octanol–water partition coefficient (Wildman–Crippen LogP) is 2.35. The Morgan fingerprint density at radius 2 is 1.89 bits per heavy atom. The van der Waals surface area contributed by atoms with E-state index in [1.54, 1.807) is 4.90 Å². The van der Waals surface area contributed by atoms with Gasteiger partial charge in [-0.15, -0.1) is 0 Å². The number of aliphatic carboxylic acids is 1. The Labute approximate surface area is 113 Å². The summed E-state index contributed by atoms with van der Waals surface area (Å²) in [5.41, 5.74) is -0.503. The second-order valence-corrected chi connectivity index (χ2v) is 6.68. The van der Waals surface area contributed by atoms with Gasteiger partial charge in [0, 0.05) is 13.1 Å². The summed E-state index contributed by atoms with van der Waals surface area (Å²) in [7, 11) is 0. The molecule has 2 rings (SSSR count). The van der Waals surface area contributed by atoms with Gasteiger partial charge in [-0.1, -0.05) is 6.42 Å². The first-order valence-electron chi connectivity index (χ1n) is 6.98. The molecule has 19 heavy (non-hydrogen) atoms. The van der Waals surface area contributed by atoms with Gasteiger partial charge in [0.25, 0.3) is 0 Å². The monoisotopic (exact) mass is 269 g/mol. The van der Waals surface area contributed by atoms with Crippen molar-refractivity contribution in [2.45, 2.75) is 45.6 Å². The Hall–Kier alpha value is -1.26. The van der Waals surface area contributed by atoms with Crippen LogP contribution in [0.25, 0.3) is 0 Å². The zero-order chi connectivity index (χ0) is 14.2. The smallest absolute Gasteiger partial charge is 0.410 e. The van der Waals surface area contributed by atoms with Crippen LogP contribution in [0.3, 0.4) is 0 Å². The number of carbonyl (C=O) groups excluding carboxylic acids is 1. The molecule has 5 heteroatoms. The lowest BCUT2D eigenvalue weighted by Gasteiger charge is -2.29. The topological polar surface area (TPSA) is 66.8 Å². The molecule has 0 radical (unpaired) electrons. The molecule has 5 nitrogen and oxygen atoms in total. The van der Waals surface area contributed by atoms with Crippen LogP contribution in [0, 0.1) is 17.8 Å². The molecule has 1 saturated heterocycles. The lowest BCUT2D eigenvalue weighted by atomic mass is 9.74. The van der Waals surface area contributed by atoms with E-state index in [2.05, 4.69) is 0 Å². The summed E-state index contributed by atoms with van der Waals surface area (Å²) in [5.74, 6) is -0.604. The number of hydrogen-bond acceptors (Lipinski definition) is 3. The van der Waals surface area contributed by atoms with Crippen LogP contribution in [0.5, 0.6) is 0 Å². The second kappa shape index (κ2) is 5.02. The normalized spacial score (nSPS) is 30.9. The highest BCUT2D eigenvalue weighted by Crippen LogP contribution is 2.40. The van der Waals surface area contributed by atoms with Gasteiger partial charge in [0.2, 0.25) is 0 Å². The number of nitrogens with zero attached hydrogens (tertiary/aromatic N) is 1. The minimum absolute atomic E-state index is 0.0961. The summed E-state index contributed by atoms with van der Waals surface area (Å²) in [5, 5.41) is 9.26. The molecule has 1 amide bonds. The Kier molecular flexibility index (Phi) is 3.74. The summed E-state index contributed by atoms with van der Waals surface area (Å²) in [6, 6.07) is 0. The number of carbonyl (C=O) groups is 2. The minimum atomic E-state index is -0.722. The summed E-state index contributed by atoms with van der Waals surface area (Å²) >= 11 is 0. The number of fused-ring (bicyclic) bond motifs is 1. The lowest BCUT2D eigenvalue weighted by Crippen LogP contribution is -2.36. The summed E-state index contributed by atoms with van der Waals surface area (Å²) in [6.45, 7) is 6.69. The van der Waals surface area contributed by atoms with Crippen LogP contribution in [0.2, 0.25) is 0 Å². The first-order valence-corrected chi connectivity index (χ1v) is 6.98. The minimum Gasteiger partial charge on any atom is -0.481 e. The molecule has 0 aromatic carbocycles. The number of rotatable bonds is 1. The van der Waals surface area contributed by atoms with Gasteiger partial charge < -0.3 is 14.7 Å². The Morgan fingerprint density at radius 3 is 2.47 bits per heavy atom. The predicted molar refractivity (Wildman–Crippen MR) is 69.8 cm³/mol. The van der Waals surface area contributed by atoms with E-state index in [4.69, 9.17) is 4.74 Å². The maximum atomic E-state index is 12.0. The fraction of sp³-hybridized carbons (Fsp3) is 0.857. The van der Waals surface area contributed by atoms with Crippen LogP contribution in [0.4, 0.5) is 4.79 Å². The number of hydrogen-bond donors (Lipinski definition) is 1. The Balaban J connectivity index is 2.01. The van der Waals surface area contributed by atoms with E-state index >= 15 is 0 Å². The molecule has 3 atom stereocenters. The first-order chi connectivity index (χ1) is 8.78. The van der Waals surface area contributed by atoms with E-state index in [1.165, 1.54) is 0 Å². The third-order valence-electron chi connectivity index (χ3n) is 4.07. The van der Waals surface area contributed by atoms with Gasteiger partial charge in [-0.2, -0.15) is 0 Å². The van der Waals surface area contributed by atoms with E-state index in [-0.39, 0.29) is 17.9 Å². The van der Waals surface area contributed by atoms with Crippen LogP contribution in [0.1, 0.15) is 40.0 Å². The largest absolute Gasteiger partial charge is 0.481 e. The van der Waals surface area contributed by atoms with Gasteiger partial charge >= 0.3 is 12.1 Å². The van der Waals surface area contributed by atoms with E-state index in [0.717, 1.165) is 19.3 Å². The van der Waals surface area contributed by atoms with Crippen LogP contribution < -0.4 is 0 Å². The van der Waals surface area contributed by atoms with Crippen LogP contribution in [-0.4, -0.2) is 40.8 Å². The van der Waals surface area contributed by atoms with Crippen LogP contribution >= 0.6 is 0 Å². The maximum Gasteiger partial charge on any atom is 0.410 e. The molecule has 1 aliphatic heterocycles. The molecule has 108 valence electrons. The highest BCUT2D eigenvalue weighted by Gasteiger charge is 2.45. The van der Waals surface area contributed by atoms with Gasteiger partial charge in [0.05, 0.1) is 5.92 Å². The maximum absolute atomic E-state index is 12.0. The Bertz CT molecular complexity index is 374. The number of likely N-dealkylation sites (tertiary alicyclic amines) is 1. The summed E-state index contributed by atoms with van der Waals surface area (Å²) < 4.78 is 5.36. The van der Waals surface area contributed by atoms with Gasteiger partial charge in [-0.3, -0.25) is 4.79 Å². The summed E-state index contributed by atoms with van der Waals surface area (Å²) in [6.07, 6.45) is 2.39. The fourth-order valence-electron chi connectivity index (χ4n) is 3.25. The zero-order valence-electron chi connectivity index (χ0n) is 11.9. The highest BCUT2D eigenvalue weighted by atomic mass is 16.6.